The van der Waals surface area contributed by atoms with E-state index in [-0.39, 0.29) is 0 Å². The van der Waals surface area contributed by atoms with Crippen molar-refractivity contribution < 1.29 is 19.2 Å². The molecule has 3 aliphatic rings. The minimum atomic E-state index is -0.391. The number of carbonyl (C=O) groups is 4. The normalized spacial score (nSPS) is 12.6. The lowest BCUT2D eigenvalue weighted by atomic mass is 9.81. The van der Waals surface area contributed by atoms with E-state index in [1.54, 1.807) is 24.3 Å². The minimum Gasteiger partial charge on any atom is -0.334 e. The lowest BCUT2D eigenvalue weighted by molar-refractivity contribution is 0.250. The van der Waals surface area contributed by atoms with E-state index in [1.807, 2.05) is 215 Å². The van der Waals surface area contributed by atoms with Crippen LogP contribution < -0.4 is 42.5 Å². The van der Waals surface area contributed by atoms with Gasteiger partial charge in [-0.05, 0) is 142 Å². The Kier molecular flexibility index (Phi) is 53.5. The van der Waals surface area contributed by atoms with Crippen molar-refractivity contribution >= 4 is 68.4 Å². The summed E-state index contributed by atoms with van der Waals surface area (Å²) in [6.45, 7) is 49.2. The molecule has 6 aromatic rings. The first-order valence-electron chi connectivity index (χ1n) is 32.9. The van der Waals surface area contributed by atoms with Gasteiger partial charge in [-0.2, -0.15) is 0 Å². The van der Waals surface area contributed by atoms with Crippen LogP contribution in [0.1, 0.15) is 236 Å². The van der Waals surface area contributed by atoms with Crippen LogP contribution in [0.5, 0.6) is 0 Å². The zero-order valence-electron chi connectivity index (χ0n) is 57.4. The molecule has 84 heavy (non-hydrogen) atoms. The van der Waals surface area contributed by atoms with Crippen molar-refractivity contribution in [2.24, 2.45) is 0 Å². The quantitative estimate of drug-likeness (QED) is 0.0760. The Morgan fingerprint density at radius 2 is 0.381 bits per heavy atom. The number of nitrogens with one attached hydrogen (secondary N) is 8. The van der Waals surface area contributed by atoms with Gasteiger partial charge in [0.05, 0.1) is 22.7 Å². The molecular weight excluding hydrogens is 1040 g/mol. The summed E-state index contributed by atoms with van der Waals surface area (Å²) in [4.78, 5) is 54.3. The first kappa shape index (κ1) is 83.4. The molecule has 0 saturated carbocycles. The van der Waals surface area contributed by atoms with Gasteiger partial charge in [0, 0.05) is 26.2 Å². The Morgan fingerprint density at radius 3 is 0.548 bits per heavy atom. The third-order valence-electron chi connectivity index (χ3n) is 12.1. The van der Waals surface area contributed by atoms with E-state index in [2.05, 4.69) is 66.8 Å². The predicted molar refractivity (Wildman–Crippen MR) is 374 cm³/mol. The average Bonchev–Trinajstić information content (AvgIpc) is 1.57. The molecule has 1 heterocycles. The number of benzene rings is 6. The van der Waals surface area contributed by atoms with Crippen molar-refractivity contribution in [3.63, 3.8) is 0 Å². The zero-order chi connectivity index (χ0) is 65.0. The Labute approximate surface area is 513 Å². The average molecular weight is 1160 g/mol. The molecule has 1 aliphatic heterocycles. The number of carbonyl (C=O) groups excluding carboxylic acids is 4. The van der Waals surface area contributed by atoms with Crippen molar-refractivity contribution in [3.05, 3.63) is 142 Å². The third-order valence-corrected chi connectivity index (χ3v) is 12.1. The van der Waals surface area contributed by atoms with Gasteiger partial charge >= 0.3 is 24.1 Å². The highest BCUT2D eigenvalue weighted by molar-refractivity contribution is 6.01. The lowest BCUT2D eigenvalue weighted by Gasteiger charge is -2.26. The fourth-order valence-corrected chi connectivity index (χ4v) is 9.36. The van der Waals surface area contributed by atoms with Gasteiger partial charge in [0.2, 0.25) is 0 Å². The second-order valence-corrected chi connectivity index (χ2v) is 15.7. The predicted octanol–water partition coefficient (Wildman–Crippen LogP) is 21.7. The molecular formula is C72H120N8O4. The van der Waals surface area contributed by atoms with Gasteiger partial charge in [-0.15, -0.1) is 0 Å². The first-order chi connectivity index (χ1) is 41.4. The van der Waals surface area contributed by atoms with Crippen LogP contribution >= 0.6 is 0 Å². The van der Waals surface area contributed by atoms with Crippen molar-refractivity contribution in [1.29, 1.82) is 0 Å². The number of fused-ring (bicyclic) bond motifs is 8. The Bertz CT molecular complexity index is 2320. The summed E-state index contributed by atoms with van der Waals surface area (Å²) in [5.41, 5.74) is 10.9. The summed E-state index contributed by atoms with van der Waals surface area (Å²) in [6, 6.07) is 29.0. The maximum absolute atomic E-state index is 13.6. The molecule has 8 amide bonds. The number of amides is 8. The fourth-order valence-electron chi connectivity index (χ4n) is 9.36. The number of hydrogen-bond donors (Lipinski definition) is 8. The van der Waals surface area contributed by atoms with Crippen LogP contribution in [-0.4, -0.2) is 24.1 Å². The van der Waals surface area contributed by atoms with Crippen molar-refractivity contribution in [1.82, 2.24) is 21.3 Å². The van der Waals surface area contributed by atoms with Gasteiger partial charge in [0.25, 0.3) is 0 Å². The Hall–Kier alpha value is -7.08. The topological polar surface area (TPSA) is 165 Å². The van der Waals surface area contributed by atoms with Crippen molar-refractivity contribution in [2.75, 3.05) is 21.3 Å². The van der Waals surface area contributed by atoms with E-state index in [0.717, 1.165) is 95.2 Å². The molecule has 0 radical (unpaired) electrons. The molecule has 8 N–H and O–H groups in total. The molecule has 0 spiro atoms. The number of para-hydroxylation sites is 4. The fraction of sp³-hybridized carbons (Fsp3) is 0.500. The molecule has 2 aliphatic carbocycles. The van der Waals surface area contributed by atoms with Crippen LogP contribution in [-0.2, 0) is 51.9 Å². The number of anilines is 4. The highest BCUT2D eigenvalue weighted by Gasteiger charge is 2.25. The van der Waals surface area contributed by atoms with Crippen molar-refractivity contribution in [2.45, 2.75) is 244 Å². The second kappa shape index (κ2) is 53.9. The summed E-state index contributed by atoms with van der Waals surface area (Å²) in [6.07, 6.45) is 7.57. The number of urea groups is 4. The zero-order valence-corrected chi connectivity index (χ0v) is 57.4. The number of hydrogen-bond acceptors (Lipinski definition) is 4. The van der Waals surface area contributed by atoms with Crippen molar-refractivity contribution in [3.8, 4) is 0 Å². The SMILES string of the molecule is CC.CC.CC.CC.CC.CC.CC.CC.CC.CC.CC.CC.O=C1NCc2c3c(c(c4ccccc24)CNC(=O)Nc2ccccc2NC(=O)NCc2c4c(c(c5ccccc25)CNC(=O)Nc2ccccc2N1)CCCC4)CCCC3. The van der Waals surface area contributed by atoms with Gasteiger partial charge in [-0.1, -0.05) is 239 Å². The van der Waals surface area contributed by atoms with Crippen LogP contribution in [0, 0.1) is 0 Å². The molecule has 0 saturated heterocycles. The standard InChI is InChI=1S/C48H48N8O4.12C2H6/c57-45-49-25-37-29-13-1-2-14-30(29)38(32-16-4-3-15-31(32)37)26-50-46(58)54-43-23-11-12-24-44(43)56-48(60)52-28-40-35-19-7-5-17-33(35)39(34-18-6-8-20-36(34)40)27-51-47(59)55-42-22-10-9-21-41(42)53-45;12*1-2/h1-2,5,7,9-14,17,19,21-24H,3-4,6,8,15-16,18,20,25-28H2,(H2,49,53,57)(H2,50,54,58)(H2,51,55,59)(H2,52,56,60);12*1-2H3. The molecule has 0 fully saturated rings. The van der Waals surface area contributed by atoms with Crippen LogP contribution in [0.25, 0.3) is 21.5 Å². The summed E-state index contributed by atoms with van der Waals surface area (Å²) >= 11 is 0. The lowest BCUT2D eigenvalue weighted by Crippen LogP contribution is -2.32. The third kappa shape index (κ3) is 25.4. The van der Waals surface area contributed by atoms with E-state index < -0.39 is 24.1 Å². The number of rotatable bonds is 0. The van der Waals surface area contributed by atoms with Gasteiger partial charge in [-0.3, -0.25) is 0 Å². The Morgan fingerprint density at radius 1 is 0.226 bits per heavy atom. The largest absolute Gasteiger partial charge is 0.334 e. The monoisotopic (exact) mass is 1160 g/mol. The minimum absolute atomic E-state index is 0.299. The summed E-state index contributed by atoms with van der Waals surface area (Å²) in [5.74, 6) is 0. The second-order valence-electron chi connectivity index (χ2n) is 15.7. The van der Waals surface area contributed by atoms with Crippen LogP contribution in [0.2, 0.25) is 0 Å². The summed E-state index contributed by atoms with van der Waals surface area (Å²) in [7, 11) is 0. The summed E-state index contributed by atoms with van der Waals surface area (Å²) < 4.78 is 0. The molecule has 0 aromatic heterocycles. The molecule has 12 heteroatoms. The molecule has 4 bridgehead atoms. The van der Waals surface area contributed by atoms with Gasteiger partial charge in [0.1, 0.15) is 0 Å². The molecule has 6 aromatic carbocycles. The molecule has 0 atom stereocenters. The molecule has 9 rings (SSSR count). The van der Waals surface area contributed by atoms with Gasteiger partial charge < -0.3 is 42.5 Å². The van der Waals surface area contributed by atoms with Crippen LogP contribution in [0.3, 0.4) is 0 Å². The van der Waals surface area contributed by atoms with Crippen LogP contribution in [0.15, 0.2) is 97.1 Å². The van der Waals surface area contributed by atoms with Crippen LogP contribution in [0.4, 0.5) is 41.9 Å². The maximum atomic E-state index is 13.6. The van der Waals surface area contributed by atoms with E-state index in [9.17, 15) is 19.2 Å². The smallest absolute Gasteiger partial charge is 0.319 e. The summed E-state index contributed by atoms with van der Waals surface area (Å²) in [5, 5.41) is 28.3. The van der Waals surface area contributed by atoms with E-state index >= 15 is 0 Å². The highest BCUT2D eigenvalue weighted by Crippen LogP contribution is 2.37. The van der Waals surface area contributed by atoms with Gasteiger partial charge in [0.15, 0.2) is 0 Å². The first-order valence-corrected chi connectivity index (χ1v) is 32.9. The molecule has 12 nitrogen and oxygen atoms in total. The van der Waals surface area contributed by atoms with E-state index in [0.29, 0.717) is 48.9 Å². The highest BCUT2D eigenvalue weighted by atomic mass is 16.2. The maximum Gasteiger partial charge on any atom is 0.319 e. The molecule has 0 unspecified atom stereocenters. The van der Waals surface area contributed by atoms with Gasteiger partial charge in [-0.25, -0.2) is 19.2 Å². The Balaban J connectivity index is -0.00000119. The van der Waals surface area contributed by atoms with E-state index in [4.69, 9.17) is 0 Å². The molecule has 472 valence electrons. The van der Waals surface area contributed by atoms with E-state index in [1.165, 1.54) is 22.3 Å².